The summed E-state index contributed by atoms with van der Waals surface area (Å²) in [5.41, 5.74) is 0. The number of nitrogens with zero attached hydrogens (tertiary/aromatic N) is 3. The van der Waals surface area contributed by atoms with Crippen molar-refractivity contribution in [3.63, 3.8) is 0 Å². The van der Waals surface area contributed by atoms with Gasteiger partial charge in [0.1, 0.15) is 6.54 Å². The van der Waals surface area contributed by atoms with Gasteiger partial charge in [-0.25, -0.2) is 0 Å². The highest BCUT2D eigenvalue weighted by atomic mass is 16.6. The number of hydrogen-bond acceptors (Lipinski definition) is 4. The molecule has 0 aliphatic heterocycles. The summed E-state index contributed by atoms with van der Waals surface area (Å²) >= 11 is 0. The van der Waals surface area contributed by atoms with Gasteiger partial charge in [0.25, 0.3) is 0 Å². The maximum absolute atomic E-state index is 11.4. The van der Waals surface area contributed by atoms with Crippen molar-refractivity contribution in [2.24, 2.45) is 0 Å². The average molecular weight is 240 g/mol. The Morgan fingerprint density at radius 1 is 1.59 bits per heavy atom. The van der Waals surface area contributed by atoms with E-state index in [0.29, 0.717) is 6.54 Å². The van der Waals surface area contributed by atoms with Gasteiger partial charge in [-0.3, -0.25) is 4.79 Å². The van der Waals surface area contributed by atoms with Gasteiger partial charge in [-0.2, -0.15) is 4.68 Å². The van der Waals surface area contributed by atoms with E-state index in [9.17, 15) is 14.9 Å². The van der Waals surface area contributed by atoms with Crippen LogP contribution in [0.3, 0.4) is 0 Å². The van der Waals surface area contributed by atoms with Crippen LogP contribution in [0.5, 0.6) is 0 Å². The van der Waals surface area contributed by atoms with Crippen LogP contribution in [0, 0.1) is 10.1 Å². The first-order valence-electron chi connectivity index (χ1n) is 5.58. The summed E-state index contributed by atoms with van der Waals surface area (Å²) in [6.07, 6.45) is 4.54. The lowest BCUT2D eigenvalue weighted by molar-refractivity contribution is -0.389. The highest BCUT2D eigenvalue weighted by Gasteiger charge is 2.12. The van der Waals surface area contributed by atoms with Crippen molar-refractivity contribution in [3.8, 4) is 0 Å². The van der Waals surface area contributed by atoms with Crippen LogP contribution < -0.4 is 5.32 Å². The van der Waals surface area contributed by atoms with Crippen LogP contribution in [0.2, 0.25) is 0 Å². The zero-order valence-electron chi connectivity index (χ0n) is 9.76. The Bertz CT molecular complexity index is 389. The highest BCUT2D eigenvalue weighted by molar-refractivity contribution is 5.75. The van der Waals surface area contributed by atoms with Gasteiger partial charge >= 0.3 is 5.82 Å². The van der Waals surface area contributed by atoms with E-state index in [1.807, 2.05) is 0 Å². The predicted octanol–water partition coefficient (Wildman–Crippen LogP) is 1.10. The number of aromatic nitrogens is 2. The van der Waals surface area contributed by atoms with Crippen LogP contribution in [0.1, 0.15) is 26.2 Å². The molecule has 0 radical (unpaired) electrons. The predicted molar refractivity (Wildman–Crippen MR) is 61.4 cm³/mol. The smallest absolute Gasteiger partial charge is 0.358 e. The first-order chi connectivity index (χ1) is 8.13. The minimum absolute atomic E-state index is 0.0139. The molecule has 1 aromatic rings. The van der Waals surface area contributed by atoms with E-state index in [-0.39, 0.29) is 18.3 Å². The average Bonchev–Trinajstić information content (AvgIpc) is 2.73. The molecule has 0 saturated carbocycles. The number of carbonyl (C=O) groups is 1. The molecule has 0 unspecified atom stereocenters. The standard InChI is InChI=1S/C10H16N4O3/c1-2-3-4-6-11-10(15)8-13-7-5-9(12-13)14(16)17/h5,7H,2-4,6,8H2,1H3,(H,11,15). The molecule has 1 N–H and O–H groups in total. The van der Waals surface area contributed by atoms with Gasteiger partial charge in [-0.1, -0.05) is 19.8 Å². The molecule has 1 heterocycles. The highest BCUT2D eigenvalue weighted by Crippen LogP contribution is 2.04. The second-order valence-electron chi connectivity index (χ2n) is 3.69. The molecule has 0 fully saturated rings. The summed E-state index contributed by atoms with van der Waals surface area (Å²) in [4.78, 5) is 21.2. The number of carbonyl (C=O) groups excluding carboxylic acids is 1. The van der Waals surface area contributed by atoms with Gasteiger partial charge in [-0.15, -0.1) is 0 Å². The van der Waals surface area contributed by atoms with Crippen molar-refractivity contribution >= 4 is 11.7 Å². The fraction of sp³-hybridized carbons (Fsp3) is 0.600. The summed E-state index contributed by atoms with van der Waals surface area (Å²) < 4.78 is 1.26. The first-order valence-corrected chi connectivity index (χ1v) is 5.58. The van der Waals surface area contributed by atoms with Gasteiger partial charge in [0.2, 0.25) is 5.91 Å². The molecule has 1 amide bonds. The number of unbranched alkanes of at least 4 members (excludes halogenated alkanes) is 2. The van der Waals surface area contributed by atoms with Gasteiger partial charge in [-0.05, 0) is 11.3 Å². The lowest BCUT2D eigenvalue weighted by Crippen LogP contribution is -2.28. The monoisotopic (exact) mass is 240 g/mol. The first kappa shape index (κ1) is 13.1. The Morgan fingerprint density at radius 2 is 2.35 bits per heavy atom. The molecule has 7 nitrogen and oxygen atoms in total. The van der Waals surface area contributed by atoms with E-state index in [1.54, 1.807) is 0 Å². The SMILES string of the molecule is CCCCCNC(=O)Cn1ccc([N+](=O)[O-])n1. The molecule has 0 saturated heterocycles. The molecule has 1 rings (SSSR count). The number of nitro groups is 1. The van der Waals surface area contributed by atoms with Crippen LogP contribution in [0.25, 0.3) is 0 Å². The molecule has 0 spiro atoms. The van der Waals surface area contributed by atoms with E-state index in [1.165, 1.54) is 16.9 Å². The largest absolute Gasteiger partial charge is 0.389 e. The van der Waals surface area contributed by atoms with E-state index in [2.05, 4.69) is 17.3 Å². The summed E-state index contributed by atoms with van der Waals surface area (Å²) in [5.74, 6) is -0.428. The molecule has 17 heavy (non-hydrogen) atoms. The van der Waals surface area contributed by atoms with Crippen molar-refractivity contribution in [2.75, 3.05) is 6.54 Å². The third-order valence-corrected chi connectivity index (χ3v) is 2.22. The molecule has 0 atom stereocenters. The van der Waals surface area contributed by atoms with Crippen molar-refractivity contribution < 1.29 is 9.72 Å². The number of amides is 1. The molecular formula is C10H16N4O3. The van der Waals surface area contributed by atoms with Gasteiger partial charge < -0.3 is 15.4 Å². The Kier molecular flexibility index (Phi) is 5.12. The summed E-state index contributed by atoms with van der Waals surface area (Å²) in [6.45, 7) is 2.74. The number of hydrogen-bond donors (Lipinski definition) is 1. The quantitative estimate of drug-likeness (QED) is 0.439. The molecule has 0 aliphatic rings. The normalized spacial score (nSPS) is 10.2. The summed E-state index contributed by atoms with van der Waals surface area (Å²) in [7, 11) is 0. The molecule has 0 aliphatic carbocycles. The van der Waals surface area contributed by atoms with Crippen molar-refractivity contribution in [2.45, 2.75) is 32.7 Å². The zero-order valence-corrected chi connectivity index (χ0v) is 9.76. The van der Waals surface area contributed by atoms with Gasteiger partial charge in [0.05, 0.1) is 17.4 Å². The molecule has 94 valence electrons. The minimum Gasteiger partial charge on any atom is -0.358 e. The molecule has 0 bridgehead atoms. The van der Waals surface area contributed by atoms with E-state index < -0.39 is 4.92 Å². The lowest BCUT2D eigenvalue weighted by Gasteiger charge is -2.02. The second-order valence-corrected chi connectivity index (χ2v) is 3.69. The van der Waals surface area contributed by atoms with Crippen LogP contribution in [0.4, 0.5) is 5.82 Å². The Hall–Kier alpha value is -1.92. The Morgan fingerprint density at radius 3 is 2.94 bits per heavy atom. The minimum atomic E-state index is -0.588. The van der Waals surface area contributed by atoms with Gasteiger partial charge in [0.15, 0.2) is 0 Å². The number of rotatable bonds is 7. The molecule has 0 aromatic carbocycles. The third-order valence-electron chi connectivity index (χ3n) is 2.22. The fourth-order valence-corrected chi connectivity index (χ4v) is 1.34. The van der Waals surface area contributed by atoms with Crippen LogP contribution >= 0.6 is 0 Å². The third kappa shape index (κ3) is 4.62. The van der Waals surface area contributed by atoms with Crippen LogP contribution in [-0.4, -0.2) is 27.2 Å². The van der Waals surface area contributed by atoms with E-state index in [4.69, 9.17) is 0 Å². The lowest BCUT2D eigenvalue weighted by atomic mass is 10.2. The summed E-state index contributed by atoms with van der Waals surface area (Å²) in [5, 5.41) is 16.8. The molecule has 1 aromatic heterocycles. The van der Waals surface area contributed by atoms with E-state index >= 15 is 0 Å². The maximum atomic E-state index is 11.4. The summed E-state index contributed by atoms with van der Waals surface area (Å²) in [6, 6.07) is 1.27. The van der Waals surface area contributed by atoms with Crippen LogP contribution in [-0.2, 0) is 11.3 Å². The second kappa shape index (κ2) is 6.62. The van der Waals surface area contributed by atoms with Gasteiger partial charge in [0, 0.05) is 6.54 Å². The fourth-order valence-electron chi connectivity index (χ4n) is 1.34. The molecular weight excluding hydrogens is 224 g/mol. The topological polar surface area (TPSA) is 90.1 Å². The van der Waals surface area contributed by atoms with Crippen LogP contribution in [0.15, 0.2) is 12.3 Å². The van der Waals surface area contributed by atoms with E-state index in [0.717, 1.165) is 19.3 Å². The van der Waals surface area contributed by atoms with Crippen molar-refractivity contribution in [1.82, 2.24) is 15.1 Å². The maximum Gasteiger partial charge on any atom is 0.389 e. The van der Waals surface area contributed by atoms with Crippen molar-refractivity contribution in [1.29, 1.82) is 0 Å². The Balaban J connectivity index is 2.32. The Labute approximate surface area is 99.0 Å². The van der Waals surface area contributed by atoms with Crippen molar-refractivity contribution in [3.05, 3.63) is 22.4 Å². The zero-order chi connectivity index (χ0) is 12.7. The number of nitrogens with one attached hydrogen (secondary N) is 1. The molecule has 7 heteroatoms.